The van der Waals surface area contributed by atoms with E-state index in [4.69, 9.17) is 9.47 Å². The number of rotatable bonds is 7. The molecule has 2 atom stereocenters. The number of benzene rings is 3. The molecule has 0 fully saturated rings. The number of carbonyl (C=O) groups excluding carboxylic acids is 1. The monoisotopic (exact) mass is 503 g/mol. The summed E-state index contributed by atoms with van der Waals surface area (Å²) < 4.78 is 65.0. The van der Waals surface area contributed by atoms with Crippen LogP contribution in [0, 0.1) is 5.82 Å². The number of hydrogen-bond acceptors (Lipinski definition) is 4. The van der Waals surface area contributed by atoms with Crippen LogP contribution in [0.3, 0.4) is 0 Å². The second-order valence-corrected chi connectivity index (χ2v) is 7.79. The molecule has 1 heterocycles. The van der Waals surface area contributed by atoms with Crippen LogP contribution in [-0.4, -0.2) is 35.0 Å². The summed E-state index contributed by atoms with van der Waals surface area (Å²) in [6, 6.07) is 16.6. The summed E-state index contributed by atoms with van der Waals surface area (Å²) in [7, 11) is 1.44. The average Bonchev–Trinajstić information content (AvgIpc) is 3.25. The first kappa shape index (κ1) is 26.5. The van der Waals surface area contributed by atoms with Crippen molar-refractivity contribution in [3.8, 4) is 17.2 Å². The first-order chi connectivity index (χ1) is 16.7. The molecule has 6 nitrogen and oxygen atoms in total. The number of alkyl halides is 3. The van der Waals surface area contributed by atoms with E-state index in [0.29, 0.717) is 28.1 Å². The minimum Gasteiger partial charge on any atom is -0.496 e. The van der Waals surface area contributed by atoms with E-state index in [1.807, 2.05) is 5.32 Å². The maximum atomic E-state index is 13.3. The van der Waals surface area contributed by atoms with Crippen molar-refractivity contribution in [3.05, 3.63) is 84.3 Å². The Labute approximate surface area is 205 Å². The highest BCUT2D eigenvalue weighted by Gasteiger charge is 2.40. The first-order valence-electron chi connectivity index (χ1n) is 10.6. The lowest BCUT2D eigenvalue weighted by atomic mass is 10.0. The van der Waals surface area contributed by atoms with Gasteiger partial charge in [-0.25, -0.2) is 9.07 Å². The Bertz CT molecular complexity index is 1340. The van der Waals surface area contributed by atoms with E-state index in [1.54, 1.807) is 65.5 Å². The maximum absolute atomic E-state index is 13.3. The second-order valence-electron chi connectivity index (χ2n) is 7.79. The van der Waals surface area contributed by atoms with Crippen molar-refractivity contribution in [1.29, 1.82) is 0 Å². The number of halogens is 4. The van der Waals surface area contributed by atoms with Crippen LogP contribution in [-0.2, 0) is 4.79 Å². The minimum absolute atomic E-state index is 0. The van der Waals surface area contributed by atoms with Crippen molar-refractivity contribution in [2.75, 3.05) is 7.11 Å². The van der Waals surface area contributed by atoms with Gasteiger partial charge in [0.2, 0.25) is 0 Å². The van der Waals surface area contributed by atoms with Gasteiger partial charge in [0.25, 0.3) is 0 Å². The van der Waals surface area contributed by atoms with Crippen LogP contribution in [0.1, 0.15) is 26.0 Å². The smallest absolute Gasteiger partial charge is 0.471 e. The fourth-order valence-electron chi connectivity index (χ4n) is 3.72. The molecule has 4 rings (SSSR count). The van der Waals surface area contributed by atoms with Crippen LogP contribution in [0.4, 0.5) is 17.6 Å². The SMILES string of the molecule is C.COc1ccccc1[C@@H](Oc1ccc2c(cnn2-c2ccc(F)cc2)c1)[C@H](C)NC(=O)C(F)(F)F. The number of carbonyl (C=O) groups is 1. The number of nitrogens with zero attached hydrogens (tertiary/aromatic N) is 2. The number of fused-ring (bicyclic) bond motifs is 1. The van der Waals surface area contributed by atoms with E-state index in [9.17, 15) is 22.4 Å². The van der Waals surface area contributed by atoms with E-state index < -0.39 is 24.2 Å². The average molecular weight is 503 g/mol. The first-order valence-corrected chi connectivity index (χ1v) is 10.6. The summed E-state index contributed by atoms with van der Waals surface area (Å²) in [5.74, 6) is -1.68. The van der Waals surface area contributed by atoms with Crippen molar-refractivity contribution in [2.24, 2.45) is 0 Å². The molecule has 0 spiro atoms. The molecule has 0 aliphatic heterocycles. The molecule has 1 aromatic heterocycles. The van der Waals surface area contributed by atoms with E-state index in [0.717, 1.165) is 5.52 Å². The molecular formula is C26H25F4N3O3. The Hall–Kier alpha value is -4.08. The van der Waals surface area contributed by atoms with Gasteiger partial charge < -0.3 is 14.8 Å². The van der Waals surface area contributed by atoms with Gasteiger partial charge in [-0.1, -0.05) is 25.6 Å². The quantitative estimate of drug-likeness (QED) is 0.315. The predicted molar refractivity (Wildman–Crippen MR) is 128 cm³/mol. The van der Waals surface area contributed by atoms with Crippen LogP contribution < -0.4 is 14.8 Å². The Kier molecular flexibility index (Phi) is 7.87. The van der Waals surface area contributed by atoms with Gasteiger partial charge in [0.15, 0.2) is 0 Å². The highest BCUT2D eigenvalue weighted by Crippen LogP contribution is 2.33. The lowest BCUT2D eigenvalue weighted by Crippen LogP contribution is -2.45. The Balaban J connectivity index is 0.00000361. The summed E-state index contributed by atoms with van der Waals surface area (Å²) in [5, 5.41) is 7.00. The van der Waals surface area contributed by atoms with Gasteiger partial charge >= 0.3 is 12.1 Å². The fraction of sp³-hybridized carbons (Fsp3) is 0.231. The molecule has 1 amide bonds. The number of amides is 1. The molecule has 190 valence electrons. The van der Waals surface area contributed by atoms with Gasteiger partial charge in [0, 0.05) is 10.9 Å². The predicted octanol–water partition coefficient (Wildman–Crippen LogP) is 6.00. The number of nitrogens with one attached hydrogen (secondary N) is 1. The molecule has 4 aromatic rings. The number of aromatic nitrogens is 2. The number of methoxy groups -OCH3 is 1. The molecule has 0 aliphatic carbocycles. The summed E-state index contributed by atoms with van der Waals surface area (Å²) >= 11 is 0. The van der Waals surface area contributed by atoms with Gasteiger partial charge in [0.1, 0.15) is 23.4 Å². The summed E-state index contributed by atoms with van der Waals surface area (Å²) in [6.45, 7) is 1.42. The molecule has 0 aliphatic rings. The maximum Gasteiger partial charge on any atom is 0.471 e. The second kappa shape index (κ2) is 10.7. The Morgan fingerprint density at radius 3 is 2.42 bits per heavy atom. The molecule has 0 bridgehead atoms. The lowest BCUT2D eigenvalue weighted by molar-refractivity contribution is -0.174. The van der Waals surface area contributed by atoms with Gasteiger partial charge in [-0.3, -0.25) is 4.79 Å². The summed E-state index contributed by atoms with van der Waals surface area (Å²) in [6.07, 6.45) is -4.44. The van der Waals surface area contributed by atoms with Gasteiger partial charge in [0.05, 0.1) is 30.6 Å². The van der Waals surface area contributed by atoms with Crippen LogP contribution >= 0.6 is 0 Å². The van der Waals surface area contributed by atoms with Crippen molar-refractivity contribution in [3.63, 3.8) is 0 Å². The number of ether oxygens (including phenoxy) is 2. The molecule has 36 heavy (non-hydrogen) atoms. The van der Waals surface area contributed by atoms with E-state index in [-0.39, 0.29) is 13.2 Å². The zero-order chi connectivity index (χ0) is 25.2. The number of para-hydroxylation sites is 1. The van der Waals surface area contributed by atoms with E-state index in [2.05, 4.69) is 5.10 Å². The molecule has 10 heteroatoms. The Morgan fingerprint density at radius 1 is 1.06 bits per heavy atom. The zero-order valence-electron chi connectivity index (χ0n) is 18.7. The van der Waals surface area contributed by atoms with Gasteiger partial charge in [-0.05, 0) is 55.5 Å². The molecule has 0 unspecified atom stereocenters. The molecule has 0 saturated heterocycles. The van der Waals surface area contributed by atoms with E-state index in [1.165, 1.54) is 26.2 Å². The van der Waals surface area contributed by atoms with Gasteiger partial charge in [-0.2, -0.15) is 18.3 Å². The standard InChI is InChI=1S/C25H21F4N3O3.CH4/c1-15(31-24(33)25(27,28)29)23(20-5-3-4-6-22(20)34-2)35-19-11-12-21-16(13-19)14-30-32(21)18-9-7-17(26)8-10-18;/h3-15,23H,1-2H3,(H,31,33);1H4/t15-,23-;/m0./s1. The largest absolute Gasteiger partial charge is 0.496 e. The molecular weight excluding hydrogens is 478 g/mol. The van der Waals surface area contributed by atoms with Gasteiger partial charge in [-0.15, -0.1) is 0 Å². The zero-order valence-corrected chi connectivity index (χ0v) is 18.7. The van der Waals surface area contributed by atoms with Crippen molar-refractivity contribution >= 4 is 16.8 Å². The van der Waals surface area contributed by atoms with Crippen LogP contribution in [0.5, 0.6) is 11.5 Å². The van der Waals surface area contributed by atoms with Crippen molar-refractivity contribution in [1.82, 2.24) is 15.1 Å². The molecule has 0 saturated carbocycles. The van der Waals surface area contributed by atoms with Crippen LogP contribution in [0.25, 0.3) is 16.6 Å². The van der Waals surface area contributed by atoms with Crippen molar-refractivity contribution in [2.45, 2.75) is 32.7 Å². The third-order valence-electron chi connectivity index (χ3n) is 5.39. The van der Waals surface area contributed by atoms with E-state index >= 15 is 0 Å². The third kappa shape index (κ3) is 5.59. The number of hydrogen-bond donors (Lipinski definition) is 1. The summed E-state index contributed by atoms with van der Waals surface area (Å²) in [5.41, 5.74) is 1.84. The topological polar surface area (TPSA) is 65.4 Å². The van der Waals surface area contributed by atoms with Crippen LogP contribution in [0.15, 0.2) is 72.9 Å². The highest BCUT2D eigenvalue weighted by molar-refractivity contribution is 5.82. The fourth-order valence-corrected chi connectivity index (χ4v) is 3.72. The van der Waals surface area contributed by atoms with Crippen molar-refractivity contribution < 1.29 is 31.8 Å². The molecule has 0 radical (unpaired) electrons. The molecule has 3 aromatic carbocycles. The summed E-state index contributed by atoms with van der Waals surface area (Å²) in [4.78, 5) is 11.6. The van der Waals surface area contributed by atoms with Crippen LogP contribution in [0.2, 0.25) is 0 Å². The highest BCUT2D eigenvalue weighted by atomic mass is 19.4. The Morgan fingerprint density at radius 2 is 1.75 bits per heavy atom. The molecule has 1 N–H and O–H groups in total. The lowest BCUT2D eigenvalue weighted by Gasteiger charge is -2.28. The third-order valence-corrected chi connectivity index (χ3v) is 5.39. The minimum atomic E-state index is -5.03. The normalized spacial score (nSPS) is 12.9.